The van der Waals surface area contributed by atoms with E-state index in [0.29, 0.717) is 13.1 Å². The van der Waals surface area contributed by atoms with Gasteiger partial charge in [0.25, 0.3) is 0 Å². The van der Waals surface area contributed by atoms with Gasteiger partial charge in [-0.15, -0.1) is 0 Å². The lowest BCUT2D eigenvalue weighted by molar-refractivity contribution is -0.159. The SMILES string of the molecule is CN=C(NCc1nccn1C)N1CCC(C(=O)OC(C)(C)C)C1. The summed E-state index contributed by atoms with van der Waals surface area (Å²) in [4.78, 5) is 22.9. The Morgan fingerprint density at radius 2 is 2.26 bits per heavy atom. The molecular formula is C16H27N5O2. The third-order valence-electron chi connectivity index (χ3n) is 3.77. The fourth-order valence-corrected chi connectivity index (χ4v) is 2.59. The summed E-state index contributed by atoms with van der Waals surface area (Å²) in [6.07, 6.45) is 4.47. The molecule has 1 aliphatic rings. The highest BCUT2D eigenvalue weighted by Gasteiger charge is 2.33. The molecule has 1 aromatic rings. The van der Waals surface area contributed by atoms with Crippen LogP contribution in [0.3, 0.4) is 0 Å². The lowest BCUT2D eigenvalue weighted by Gasteiger charge is -2.23. The van der Waals surface area contributed by atoms with Crippen molar-refractivity contribution in [2.24, 2.45) is 18.0 Å². The number of hydrogen-bond acceptors (Lipinski definition) is 4. The normalized spacial score (nSPS) is 19.1. The van der Waals surface area contributed by atoms with Gasteiger partial charge in [0.15, 0.2) is 5.96 Å². The first-order valence-corrected chi connectivity index (χ1v) is 7.95. The molecular weight excluding hydrogens is 294 g/mol. The average molecular weight is 321 g/mol. The Balaban J connectivity index is 1.89. The maximum Gasteiger partial charge on any atom is 0.311 e. The van der Waals surface area contributed by atoms with Crippen LogP contribution in [0.2, 0.25) is 0 Å². The summed E-state index contributed by atoms with van der Waals surface area (Å²) in [6, 6.07) is 0. The Labute approximate surface area is 137 Å². The highest BCUT2D eigenvalue weighted by atomic mass is 16.6. The largest absolute Gasteiger partial charge is 0.460 e. The number of likely N-dealkylation sites (tertiary alicyclic amines) is 1. The molecule has 1 aliphatic heterocycles. The molecule has 0 saturated carbocycles. The van der Waals surface area contributed by atoms with Gasteiger partial charge in [-0.2, -0.15) is 0 Å². The van der Waals surface area contributed by atoms with E-state index in [9.17, 15) is 4.79 Å². The minimum absolute atomic E-state index is 0.0964. The van der Waals surface area contributed by atoms with E-state index in [1.165, 1.54) is 0 Å². The third-order valence-corrected chi connectivity index (χ3v) is 3.77. The zero-order valence-electron chi connectivity index (χ0n) is 14.7. The minimum Gasteiger partial charge on any atom is -0.460 e. The first kappa shape index (κ1) is 17.3. The summed E-state index contributed by atoms with van der Waals surface area (Å²) < 4.78 is 7.44. The molecule has 1 atom stereocenters. The number of carbonyl (C=O) groups excluding carboxylic acids is 1. The number of ether oxygens (including phenoxy) is 1. The molecule has 1 saturated heterocycles. The van der Waals surface area contributed by atoms with Crippen molar-refractivity contribution in [1.29, 1.82) is 0 Å². The Bertz CT molecular complexity index is 573. The molecule has 128 valence electrons. The lowest BCUT2D eigenvalue weighted by Crippen LogP contribution is -2.40. The number of guanidine groups is 1. The van der Waals surface area contributed by atoms with E-state index < -0.39 is 5.60 Å². The predicted molar refractivity (Wildman–Crippen MR) is 88.9 cm³/mol. The standard InChI is InChI=1S/C16H27N5O2/c1-16(2,3)23-14(22)12-6-8-21(11-12)15(17-4)19-10-13-18-7-9-20(13)5/h7,9,12H,6,8,10-11H2,1-5H3,(H,17,19). The molecule has 0 radical (unpaired) electrons. The number of aromatic nitrogens is 2. The molecule has 23 heavy (non-hydrogen) atoms. The first-order valence-electron chi connectivity index (χ1n) is 7.95. The summed E-state index contributed by atoms with van der Waals surface area (Å²) in [6.45, 7) is 7.71. The molecule has 0 aromatic carbocycles. The molecule has 0 aliphatic carbocycles. The Kier molecular flexibility index (Phi) is 5.28. The van der Waals surface area contributed by atoms with Crippen LogP contribution in [0.1, 0.15) is 33.0 Å². The number of imidazole rings is 1. The summed E-state index contributed by atoms with van der Waals surface area (Å²) in [5.74, 6) is 1.51. The van der Waals surface area contributed by atoms with Gasteiger partial charge in [0, 0.05) is 39.6 Å². The number of nitrogens with zero attached hydrogens (tertiary/aromatic N) is 4. The van der Waals surface area contributed by atoms with Crippen LogP contribution in [0, 0.1) is 5.92 Å². The van der Waals surface area contributed by atoms with Crippen LogP contribution in [0.25, 0.3) is 0 Å². The summed E-state index contributed by atoms with van der Waals surface area (Å²) >= 11 is 0. The van der Waals surface area contributed by atoms with Crippen molar-refractivity contribution in [3.8, 4) is 0 Å². The fourth-order valence-electron chi connectivity index (χ4n) is 2.59. The average Bonchev–Trinajstić information content (AvgIpc) is 3.08. The van der Waals surface area contributed by atoms with Crippen molar-refractivity contribution in [2.45, 2.75) is 39.3 Å². The molecule has 1 aromatic heterocycles. The molecule has 0 spiro atoms. The molecule has 0 bridgehead atoms. The number of carbonyl (C=O) groups is 1. The van der Waals surface area contributed by atoms with Crippen molar-refractivity contribution in [1.82, 2.24) is 19.8 Å². The van der Waals surface area contributed by atoms with Crippen LogP contribution in [0.5, 0.6) is 0 Å². The summed E-state index contributed by atoms with van der Waals surface area (Å²) in [5, 5.41) is 3.30. The van der Waals surface area contributed by atoms with Crippen molar-refractivity contribution < 1.29 is 9.53 Å². The summed E-state index contributed by atoms with van der Waals surface area (Å²) in [7, 11) is 3.71. The molecule has 1 fully saturated rings. The number of aliphatic imine (C=N–C) groups is 1. The molecule has 2 rings (SSSR count). The van der Waals surface area contributed by atoms with Crippen LogP contribution < -0.4 is 5.32 Å². The monoisotopic (exact) mass is 321 g/mol. The lowest BCUT2D eigenvalue weighted by atomic mass is 10.1. The van der Waals surface area contributed by atoms with Gasteiger partial charge in [-0.25, -0.2) is 4.98 Å². The van der Waals surface area contributed by atoms with Gasteiger partial charge >= 0.3 is 5.97 Å². The number of nitrogens with one attached hydrogen (secondary N) is 1. The molecule has 0 amide bonds. The van der Waals surface area contributed by atoms with Crippen LogP contribution >= 0.6 is 0 Å². The van der Waals surface area contributed by atoms with Crippen molar-refractivity contribution in [2.75, 3.05) is 20.1 Å². The number of rotatable bonds is 3. The maximum absolute atomic E-state index is 12.2. The molecule has 1 N–H and O–H groups in total. The van der Waals surface area contributed by atoms with E-state index in [1.54, 1.807) is 13.2 Å². The second-order valence-electron chi connectivity index (χ2n) is 6.82. The van der Waals surface area contributed by atoms with E-state index in [4.69, 9.17) is 4.74 Å². The fraction of sp³-hybridized carbons (Fsp3) is 0.688. The van der Waals surface area contributed by atoms with Gasteiger partial charge < -0.3 is 19.5 Å². The topological polar surface area (TPSA) is 71.8 Å². The van der Waals surface area contributed by atoms with Crippen LogP contribution in [0.4, 0.5) is 0 Å². The van der Waals surface area contributed by atoms with E-state index in [2.05, 4.69) is 20.2 Å². The third kappa shape index (κ3) is 4.71. The van der Waals surface area contributed by atoms with Crippen molar-refractivity contribution in [3.05, 3.63) is 18.2 Å². The maximum atomic E-state index is 12.2. The molecule has 1 unspecified atom stereocenters. The summed E-state index contributed by atoms with van der Waals surface area (Å²) in [5.41, 5.74) is -0.442. The first-order chi connectivity index (χ1) is 10.8. The van der Waals surface area contributed by atoms with E-state index in [1.807, 2.05) is 38.6 Å². The van der Waals surface area contributed by atoms with Gasteiger partial charge in [0.05, 0.1) is 12.5 Å². The zero-order valence-corrected chi connectivity index (χ0v) is 14.7. The minimum atomic E-state index is -0.442. The van der Waals surface area contributed by atoms with Gasteiger partial charge in [0.1, 0.15) is 11.4 Å². The number of hydrogen-bond donors (Lipinski definition) is 1. The molecule has 2 heterocycles. The Morgan fingerprint density at radius 1 is 1.52 bits per heavy atom. The van der Waals surface area contributed by atoms with Gasteiger partial charge in [-0.1, -0.05) is 0 Å². The zero-order chi connectivity index (χ0) is 17.0. The highest BCUT2D eigenvalue weighted by molar-refractivity contribution is 5.82. The van der Waals surface area contributed by atoms with Crippen LogP contribution in [-0.4, -0.2) is 52.1 Å². The van der Waals surface area contributed by atoms with E-state index in [0.717, 1.165) is 24.7 Å². The highest BCUT2D eigenvalue weighted by Crippen LogP contribution is 2.20. The predicted octanol–water partition coefficient (Wildman–Crippen LogP) is 1.16. The van der Waals surface area contributed by atoms with Gasteiger partial charge in [0.2, 0.25) is 0 Å². The van der Waals surface area contributed by atoms with Crippen molar-refractivity contribution >= 4 is 11.9 Å². The van der Waals surface area contributed by atoms with Crippen LogP contribution in [-0.2, 0) is 23.1 Å². The van der Waals surface area contributed by atoms with Gasteiger partial charge in [-0.05, 0) is 27.2 Å². The smallest absolute Gasteiger partial charge is 0.311 e. The van der Waals surface area contributed by atoms with Crippen molar-refractivity contribution in [3.63, 3.8) is 0 Å². The second kappa shape index (κ2) is 7.02. The van der Waals surface area contributed by atoms with Crippen LogP contribution in [0.15, 0.2) is 17.4 Å². The number of aryl methyl sites for hydroxylation is 1. The molecule has 7 heteroatoms. The van der Waals surface area contributed by atoms with E-state index >= 15 is 0 Å². The Morgan fingerprint density at radius 3 is 2.83 bits per heavy atom. The molecule has 7 nitrogen and oxygen atoms in total. The number of esters is 1. The Hall–Kier alpha value is -2.05. The van der Waals surface area contributed by atoms with E-state index in [-0.39, 0.29) is 11.9 Å². The second-order valence-corrected chi connectivity index (χ2v) is 6.82. The van der Waals surface area contributed by atoms with Gasteiger partial charge in [-0.3, -0.25) is 9.79 Å². The quantitative estimate of drug-likeness (QED) is 0.514.